The molecule has 3 N–H and O–H groups in total. The minimum Gasteiger partial charge on any atom is -0.390 e. The van der Waals surface area contributed by atoms with Crippen LogP contribution in [-0.4, -0.2) is 27.1 Å². The van der Waals surface area contributed by atoms with Crippen LogP contribution in [0, 0.1) is 0 Å². The van der Waals surface area contributed by atoms with E-state index >= 15 is 0 Å². The molecule has 17 heavy (non-hydrogen) atoms. The number of aliphatic hydroxyl groups is 2. The highest BCUT2D eigenvalue weighted by molar-refractivity contribution is 7.80. The number of aromatic amines is 1. The lowest BCUT2D eigenvalue weighted by molar-refractivity contribution is 0.0173. The van der Waals surface area contributed by atoms with Crippen molar-refractivity contribution in [2.75, 3.05) is 5.75 Å². The van der Waals surface area contributed by atoms with E-state index in [1.807, 2.05) is 0 Å². The lowest BCUT2D eigenvalue weighted by atomic mass is 10.0. The second-order valence-electron chi connectivity index (χ2n) is 3.79. The third-order valence-corrected chi connectivity index (χ3v) is 3.68. The number of benzene rings is 1. The molecule has 0 bridgehead atoms. The van der Waals surface area contributed by atoms with Crippen LogP contribution in [0.4, 0.5) is 0 Å². The first-order chi connectivity index (χ1) is 8.11. The zero-order valence-electron chi connectivity index (χ0n) is 8.96. The Labute approximate surface area is 107 Å². The second kappa shape index (κ2) is 5.22. The van der Waals surface area contributed by atoms with E-state index in [4.69, 9.17) is 0 Å². The Balaban J connectivity index is 2.32. The summed E-state index contributed by atoms with van der Waals surface area (Å²) in [5, 5.41) is 19.6. The van der Waals surface area contributed by atoms with Crippen molar-refractivity contribution in [3.8, 4) is 0 Å². The van der Waals surface area contributed by atoms with Crippen molar-refractivity contribution in [2.24, 2.45) is 0 Å². The van der Waals surface area contributed by atoms with Crippen LogP contribution >= 0.6 is 24.0 Å². The molecule has 0 amide bonds. The van der Waals surface area contributed by atoms with E-state index in [2.05, 4.69) is 17.6 Å². The number of H-pyrrole nitrogens is 1. The number of thiazole rings is 1. The van der Waals surface area contributed by atoms with Gasteiger partial charge in [0.1, 0.15) is 6.10 Å². The van der Waals surface area contributed by atoms with Crippen LogP contribution in [0.2, 0.25) is 0 Å². The van der Waals surface area contributed by atoms with Crippen LogP contribution < -0.4 is 4.87 Å². The van der Waals surface area contributed by atoms with E-state index in [-0.39, 0.29) is 4.87 Å². The zero-order chi connectivity index (χ0) is 12.4. The van der Waals surface area contributed by atoms with Gasteiger partial charge in [-0.25, -0.2) is 0 Å². The number of aromatic nitrogens is 1. The maximum absolute atomic E-state index is 11.1. The third-order valence-electron chi connectivity index (χ3n) is 2.58. The molecule has 1 heterocycles. The summed E-state index contributed by atoms with van der Waals surface area (Å²) in [6.07, 6.45) is -1.35. The van der Waals surface area contributed by atoms with Crippen LogP contribution in [0.3, 0.4) is 0 Å². The lowest BCUT2D eigenvalue weighted by Gasteiger charge is -2.17. The quantitative estimate of drug-likeness (QED) is 0.633. The smallest absolute Gasteiger partial charge is 0.305 e. The molecule has 4 nitrogen and oxygen atoms in total. The van der Waals surface area contributed by atoms with E-state index in [0.717, 1.165) is 21.6 Å². The molecule has 0 spiro atoms. The Hall–Kier alpha value is -0.820. The van der Waals surface area contributed by atoms with Crippen molar-refractivity contribution in [3.63, 3.8) is 0 Å². The van der Waals surface area contributed by atoms with Gasteiger partial charge in [0.15, 0.2) is 0 Å². The summed E-state index contributed by atoms with van der Waals surface area (Å²) in [6, 6.07) is 5.17. The maximum atomic E-state index is 11.1. The molecule has 0 aliphatic carbocycles. The van der Waals surface area contributed by atoms with Crippen molar-refractivity contribution in [2.45, 2.75) is 18.6 Å². The molecule has 2 aromatic rings. The minimum atomic E-state index is -0.941. The molecule has 1 aromatic heterocycles. The topological polar surface area (TPSA) is 73.3 Å². The monoisotopic (exact) mass is 271 g/mol. The van der Waals surface area contributed by atoms with Gasteiger partial charge in [-0.2, -0.15) is 12.6 Å². The predicted molar refractivity (Wildman–Crippen MR) is 71.9 cm³/mol. The Bertz CT molecular complexity index is 563. The molecule has 0 radical (unpaired) electrons. The number of hydrogen-bond donors (Lipinski definition) is 4. The van der Waals surface area contributed by atoms with Gasteiger partial charge in [-0.15, -0.1) is 0 Å². The normalized spacial score (nSPS) is 15.0. The van der Waals surface area contributed by atoms with Gasteiger partial charge in [-0.1, -0.05) is 17.4 Å². The Morgan fingerprint density at radius 2 is 2.18 bits per heavy atom. The van der Waals surface area contributed by atoms with E-state index in [9.17, 15) is 15.0 Å². The summed E-state index contributed by atoms with van der Waals surface area (Å²) in [4.78, 5) is 13.7. The highest BCUT2D eigenvalue weighted by atomic mass is 32.1. The van der Waals surface area contributed by atoms with Crippen LogP contribution in [0.5, 0.6) is 0 Å². The molecule has 6 heteroatoms. The van der Waals surface area contributed by atoms with Gasteiger partial charge in [-0.05, 0) is 29.9 Å². The molecule has 92 valence electrons. The Kier molecular flexibility index (Phi) is 3.88. The molecule has 0 saturated carbocycles. The van der Waals surface area contributed by atoms with Gasteiger partial charge >= 0.3 is 4.87 Å². The van der Waals surface area contributed by atoms with Gasteiger partial charge in [0.25, 0.3) is 0 Å². The molecular weight excluding hydrogens is 258 g/mol. The van der Waals surface area contributed by atoms with Crippen molar-refractivity contribution in [3.05, 3.63) is 33.4 Å². The fraction of sp³-hybridized carbons (Fsp3) is 0.364. The van der Waals surface area contributed by atoms with E-state index in [1.54, 1.807) is 18.2 Å². The lowest BCUT2D eigenvalue weighted by Crippen LogP contribution is -2.18. The summed E-state index contributed by atoms with van der Waals surface area (Å²) in [7, 11) is 0. The maximum Gasteiger partial charge on any atom is 0.305 e. The van der Waals surface area contributed by atoms with E-state index in [1.165, 1.54) is 0 Å². The molecular formula is C11H13NO3S2. The fourth-order valence-corrected chi connectivity index (χ4v) is 2.71. The number of hydrogen-bond acceptors (Lipinski definition) is 5. The summed E-state index contributed by atoms with van der Waals surface area (Å²) in [5.41, 5.74) is 1.36. The molecule has 2 atom stereocenters. The van der Waals surface area contributed by atoms with E-state index in [0.29, 0.717) is 17.7 Å². The van der Waals surface area contributed by atoms with Crippen LogP contribution in [0.25, 0.3) is 10.2 Å². The second-order valence-corrected chi connectivity index (χ2v) is 5.26. The van der Waals surface area contributed by atoms with Gasteiger partial charge in [-0.3, -0.25) is 4.79 Å². The molecule has 0 aliphatic rings. The van der Waals surface area contributed by atoms with Crippen molar-refractivity contribution in [1.82, 2.24) is 4.98 Å². The average Bonchev–Trinajstić information content (AvgIpc) is 2.67. The first-order valence-electron chi connectivity index (χ1n) is 5.21. The van der Waals surface area contributed by atoms with Crippen molar-refractivity contribution >= 4 is 34.2 Å². The molecule has 0 aliphatic heterocycles. The Morgan fingerprint density at radius 1 is 1.41 bits per heavy atom. The number of thiol groups is 1. The first-order valence-corrected chi connectivity index (χ1v) is 6.66. The summed E-state index contributed by atoms with van der Waals surface area (Å²) >= 11 is 5.10. The van der Waals surface area contributed by atoms with Gasteiger partial charge < -0.3 is 15.2 Å². The summed E-state index contributed by atoms with van der Waals surface area (Å²) in [6.45, 7) is 0. The largest absolute Gasteiger partial charge is 0.390 e. The highest BCUT2D eigenvalue weighted by Crippen LogP contribution is 2.24. The van der Waals surface area contributed by atoms with Crippen LogP contribution in [0.1, 0.15) is 18.1 Å². The summed E-state index contributed by atoms with van der Waals surface area (Å²) in [5.74, 6) is 0.512. The highest BCUT2D eigenvalue weighted by Gasteiger charge is 2.18. The number of fused-ring (bicyclic) bond motifs is 1. The van der Waals surface area contributed by atoms with Gasteiger partial charge in [0.05, 0.1) is 16.3 Å². The van der Waals surface area contributed by atoms with Crippen LogP contribution in [0.15, 0.2) is 23.0 Å². The van der Waals surface area contributed by atoms with Gasteiger partial charge in [0, 0.05) is 0 Å². The SMILES string of the molecule is O=c1[nH]c2ccc(C(O)C(O)CCS)cc2s1. The minimum absolute atomic E-state index is 0.123. The molecule has 0 saturated heterocycles. The van der Waals surface area contributed by atoms with Crippen LogP contribution in [-0.2, 0) is 0 Å². The van der Waals surface area contributed by atoms with E-state index < -0.39 is 12.2 Å². The Morgan fingerprint density at radius 3 is 2.88 bits per heavy atom. The zero-order valence-corrected chi connectivity index (χ0v) is 10.7. The van der Waals surface area contributed by atoms with Crippen molar-refractivity contribution < 1.29 is 10.2 Å². The third kappa shape index (κ3) is 2.71. The number of nitrogens with one attached hydrogen (secondary N) is 1. The average molecular weight is 271 g/mol. The first kappa shape index (κ1) is 12.6. The molecule has 2 rings (SSSR count). The predicted octanol–water partition coefficient (Wildman–Crippen LogP) is 1.30. The molecule has 1 aromatic carbocycles. The fourth-order valence-electron chi connectivity index (χ4n) is 1.66. The molecule has 0 fully saturated rings. The standard InChI is InChI=1S/C11H13NO3S2/c13-8(3-4-16)10(14)6-1-2-7-9(5-6)17-11(15)12-7/h1-2,5,8,10,13-14,16H,3-4H2,(H,12,15). The molecule has 2 unspecified atom stereocenters. The van der Waals surface area contributed by atoms with Crippen molar-refractivity contribution in [1.29, 1.82) is 0 Å². The number of rotatable bonds is 4. The van der Waals surface area contributed by atoms with Gasteiger partial charge in [0.2, 0.25) is 0 Å². The number of aliphatic hydroxyl groups excluding tert-OH is 2. The summed E-state index contributed by atoms with van der Waals surface area (Å²) < 4.78 is 0.782.